The third-order valence-electron chi connectivity index (χ3n) is 4.21. The Morgan fingerprint density at radius 3 is 1.28 bits per heavy atom. The van der Waals surface area contributed by atoms with E-state index >= 15 is 0 Å². The summed E-state index contributed by atoms with van der Waals surface area (Å²) in [5, 5.41) is 0. The van der Waals surface area contributed by atoms with Crippen molar-refractivity contribution in [2.75, 3.05) is 26.4 Å². The standard InChI is InChI=1S/C25H44O4/c1-9-26-25(27-10-2,28-19-17-23(7)15-11-13-21(3)4)29-20-18-24(8)16-12-14-22(5)6/h13-14,17-18H,9-12,15-16,19-20H2,1-8H3/b23-17+,24-18+. The summed E-state index contributed by atoms with van der Waals surface area (Å²) in [7, 11) is 0. The molecule has 0 rings (SSSR count). The molecule has 4 heteroatoms. The van der Waals surface area contributed by atoms with Crippen LogP contribution in [0.4, 0.5) is 0 Å². The zero-order valence-corrected chi connectivity index (χ0v) is 20.1. The van der Waals surface area contributed by atoms with E-state index < -0.39 is 6.16 Å². The minimum absolute atomic E-state index is 0.379. The Morgan fingerprint density at radius 2 is 0.966 bits per heavy atom. The van der Waals surface area contributed by atoms with Gasteiger partial charge in [-0.2, -0.15) is 0 Å². The molecule has 0 aliphatic carbocycles. The molecule has 0 bridgehead atoms. The molecule has 0 aliphatic heterocycles. The van der Waals surface area contributed by atoms with Crippen LogP contribution in [0.15, 0.2) is 46.6 Å². The summed E-state index contributed by atoms with van der Waals surface area (Å²) < 4.78 is 23.2. The van der Waals surface area contributed by atoms with Crippen LogP contribution in [0.25, 0.3) is 0 Å². The molecular weight excluding hydrogens is 364 g/mol. The van der Waals surface area contributed by atoms with Crippen LogP contribution in [0, 0.1) is 0 Å². The van der Waals surface area contributed by atoms with E-state index in [0.29, 0.717) is 26.4 Å². The molecule has 0 N–H and O–H groups in total. The number of rotatable bonds is 16. The Kier molecular flexibility index (Phi) is 15.9. The van der Waals surface area contributed by atoms with E-state index in [9.17, 15) is 0 Å². The second-order valence-electron chi connectivity index (χ2n) is 7.73. The molecule has 0 atom stereocenters. The van der Waals surface area contributed by atoms with Gasteiger partial charge in [0.2, 0.25) is 0 Å². The number of ether oxygens (including phenoxy) is 4. The van der Waals surface area contributed by atoms with Crippen molar-refractivity contribution in [3.05, 3.63) is 46.6 Å². The predicted octanol–water partition coefficient (Wildman–Crippen LogP) is 7.09. The van der Waals surface area contributed by atoms with Gasteiger partial charge in [-0.15, -0.1) is 0 Å². The van der Waals surface area contributed by atoms with Gasteiger partial charge in [-0.05, 0) is 81.1 Å². The topological polar surface area (TPSA) is 36.9 Å². The molecule has 0 spiro atoms. The first-order valence-electron chi connectivity index (χ1n) is 10.9. The lowest BCUT2D eigenvalue weighted by atomic mass is 10.1. The third kappa shape index (κ3) is 15.3. The van der Waals surface area contributed by atoms with E-state index in [1.807, 2.05) is 13.8 Å². The van der Waals surface area contributed by atoms with Gasteiger partial charge in [0.05, 0.1) is 26.4 Å². The average molecular weight is 409 g/mol. The highest BCUT2D eigenvalue weighted by molar-refractivity contribution is 5.03. The molecular formula is C25H44O4. The van der Waals surface area contributed by atoms with Crippen molar-refractivity contribution in [2.45, 2.75) is 87.2 Å². The van der Waals surface area contributed by atoms with E-state index in [0.717, 1.165) is 25.7 Å². The predicted molar refractivity (Wildman–Crippen MR) is 123 cm³/mol. The van der Waals surface area contributed by atoms with Gasteiger partial charge >= 0.3 is 6.16 Å². The third-order valence-corrected chi connectivity index (χ3v) is 4.21. The average Bonchev–Trinajstić information content (AvgIpc) is 2.61. The largest absolute Gasteiger partial charge is 0.413 e. The molecule has 0 heterocycles. The molecule has 4 nitrogen and oxygen atoms in total. The van der Waals surface area contributed by atoms with Gasteiger partial charge in [0.25, 0.3) is 0 Å². The first-order valence-corrected chi connectivity index (χ1v) is 10.9. The van der Waals surface area contributed by atoms with Crippen molar-refractivity contribution in [3.8, 4) is 0 Å². The summed E-state index contributed by atoms with van der Waals surface area (Å²) in [5.41, 5.74) is 5.25. The Balaban J connectivity index is 4.79. The second-order valence-corrected chi connectivity index (χ2v) is 7.73. The summed E-state index contributed by atoms with van der Waals surface area (Å²) in [4.78, 5) is 0. The maximum Gasteiger partial charge on any atom is 0.413 e. The zero-order chi connectivity index (χ0) is 22.1. The van der Waals surface area contributed by atoms with Crippen molar-refractivity contribution in [1.82, 2.24) is 0 Å². The maximum atomic E-state index is 5.91. The highest BCUT2D eigenvalue weighted by Crippen LogP contribution is 2.19. The van der Waals surface area contributed by atoms with Gasteiger partial charge in [-0.3, -0.25) is 9.47 Å². The first kappa shape index (κ1) is 27.8. The van der Waals surface area contributed by atoms with Crippen LogP contribution < -0.4 is 0 Å². The van der Waals surface area contributed by atoms with E-state index in [2.05, 4.69) is 65.8 Å². The SMILES string of the molecule is CCOC(OCC)(OC/C=C(\C)CCC=C(C)C)OC/C=C(\C)CCC=C(C)C. The molecule has 0 radical (unpaired) electrons. The number of hydrogen-bond donors (Lipinski definition) is 0. The molecule has 0 saturated carbocycles. The van der Waals surface area contributed by atoms with Crippen LogP contribution >= 0.6 is 0 Å². The normalized spacial score (nSPS) is 12.8. The van der Waals surface area contributed by atoms with Crippen LogP contribution in [-0.2, 0) is 18.9 Å². The summed E-state index contributed by atoms with van der Waals surface area (Å²) >= 11 is 0. The fourth-order valence-corrected chi connectivity index (χ4v) is 2.56. The van der Waals surface area contributed by atoms with Crippen LogP contribution in [0.5, 0.6) is 0 Å². The van der Waals surface area contributed by atoms with Crippen molar-refractivity contribution < 1.29 is 18.9 Å². The molecule has 0 aromatic rings. The van der Waals surface area contributed by atoms with E-state index in [4.69, 9.17) is 18.9 Å². The minimum atomic E-state index is -1.46. The van der Waals surface area contributed by atoms with Gasteiger partial charge in [0.15, 0.2) is 0 Å². The molecule has 0 aliphatic rings. The lowest BCUT2D eigenvalue weighted by molar-refractivity contribution is -0.493. The molecule has 0 aromatic heterocycles. The fourth-order valence-electron chi connectivity index (χ4n) is 2.56. The lowest BCUT2D eigenvalue weighted by Crippen LogP contribution is -2.42. The van der Waals surface area contributed by atoms with Crippen LogP contribution in [0.1, 0.15) is 81.1 Å². The van der Waals surface area contributed by atoms with E-state index in [1.165, 1.54) is 22.3 Å². The van der Waals surface area contributed by atoms with Crippen molar-refractivity contribution >= 4 is 0 Å². The minimum Gasteiger partial charge on any atom is -0.304 e. The summed E-state index contributed by atoms with van der Waals surface area (Å²) in [5.74, 6) is 0. The van der Waals surface area contributed by atoms with Crippen molar-refractivity contribution in [2.24, 2.45) is 0 Å². The van der Waals surface area contributed by atoms with Gasteiger partial charge in [0, 0.05) is 0 Å². The summed E-state index contributed by atoms with van der Waals surface area (Å²) in [6.07, 6.45) is 11.3. The Bertz CT molecular complexity index is 497. The molecule has 29 heavy (non-hydrogen) atoms. The molecule has 0 fully saturated rings. The van der Waals surface area contributed by atoms with E-state index in [-0.39, 0.29) is 0 Å². The van der Waals surface area contributed by atoms with Crippen molar-refractivity contribution in [3.63, 3.8) is 0 Å². The molecule has 0 amide bonds. The van der Waals surface area contributed by atoms with Crippen LogP contribution in [0.3, 0.4) is 0 Å². The van der Waals surface area contributed by atoms with Crippen molar-refractivity contribution in [1.29, 1.82) is 0 Å². The highest BCUT2D eigenvalue weighted by atomic mass is 17.0. The Hall–Kier alpha value is -1.20. The first-order chi connectivity index (χ1) is 13.7. The van der Waals surface area contributed by atoms with Crippen LogP contribution in [0.2, 0.25) is 0 Å². The highest BCUT2D eigenvalue weighted by Gasteiger charge is 2.34. The molecule has 0 aromatic carbocycles. The second kappa shape index (κ2) is 16.6. The van der Waals surface area contributed by atoms with Gasteiger partial charge < -0.3 is 9.47 Å². The molecule has 168 valence electrons. The zero-order valence-electron chi connectivity index (χ0n) is 20.1. The van der Waals surface area contributed by atoms with E-state index in [1.54, 1.807) is 0 Å². The summed E-state index contributed by atoms with van der Waals surface area (Å²) in [6, 6.07) is 0. The van der Waals surface area contributed by atoms with Crippen LogP contribution in [-0.4, -0.2) is 32.6 Å². The Labute approximate surface area is 179 Å². The van der Waals surface area contributed by atoms with Gasteiger partial charge in [0.1, 0.15) is 0 Å². The molecule has 0 saturated heterocycles. The summed E-state index contributed by atoms with van der Waals surface area (Å²) in [6.45, 7) is 18.2. The monoisotopic (exact) mass is 408 g/mol. The lowest BCUT2D eigenvalue weighted by Gasteiger charge is -2.30. The quantitative estimate of drug-likeness (QED) is 0.202. The van der Waals surface area contributed by atoms with Gasteiger partial charge in [-0.1, -0.05) is 46.6 Å². The smallest absolute Gasteiger partial charge is 0.304 e. The Morgan fingerprint density at radius 1 is 0.586 bits per heavy atom. The fraction of sp³-hybridized carbons (Fsp3) is 0.680. The number of allylic oxidation sites excluding steroid dienone is 6. The number of hydrogen-bond acceptors (Lipinski definition) is 4. The van der Waals surface area contributed by atoms with Gasteiger partial charge in [-0.25, -0.2) is 0 Å². The maximum absolute atomic E-state index is 5.91. The molecule has 0 unspecified atom stereocenters.